The number of carbonyl (C=O) groups is 1. The van der Waals surface area contributed by atoms with Crippen LogP contribution in [0, 0.1) is 5.41 Å². The molecule has 1 amide bonds. The maximum absolute atomic E-state index is 13.2. The standard InChI is InChI=1S/C25H25BrN6OS/c26-19-10-13-21(28-16-19)30-25(34)31-22(17-6-2-1-3-7-17)24(33)29-20-11-8-18(9-12-20)23(27)32-14-4-5-15-32/h1-3,6-13,16,22,27H,4-5,14-15H2,(H,29,33)(H2,28,30,31,34). The summed E-state index contributed by atoms with van der Waals surface area (Å²) in [7, 11) is 0. The van der Waals surface area contributed by atoms with Crippen molar-refractivity contribution in [2.24, 2.45) is 0 Å². The molecule has 0 radical (unpaired) electrons. The average Bonchev–Trinajstić information content (AvgIpc) is 3.40. The predicted molar refractivity (Wildman–Crippen MR) is 143 cm³/mol. The number of benzene rings is 2. The van der Waals surface area contributed by atoms with Crippen LogP contribution in [0.5, 0.6) is 0 Å². The molecule has 0 spiro atoms. The highest BCUT2D eigenvalue weighted by molar-refractivity contribution is 9.10. The van der Waals surface area contributed by atoms with Crippen LogP contribution >= 0.6 is 28.1 Å². The lowest BCUT2D eigenvalue weighted by molar-refractivity contribution is -0.117. The van der Waals surface area contributed by atoms with E-state index in [2.05, 4.69) is 41.8 Å². The second-order valence-corrected chi connectivity index (χ2v) is 9.24. The molecule has 174 valence electrons. The molecule has 1 saturated heterocycles. The maximum Gasteiger partial charge on any atom is 0.251 e. The van der Waals surface area contributed by atoms with Gasteiger partial charge in [0.2, 0.25) is 0 Å². The van der Waals surface area contributed by atoms with Crippen LogP contribution in [0.3, 0.4) is 0 Å². The molecule has 9 heteroatoms. The number of amides is 1. The van der Waals surface area contributed by atoms with E-state index in [1.165, 1.54) is 0 Å². The fourth-order valence-electron chi connectivity index (χ4n) is 3.73. The molecule has 1 aliphatic heterocycles. The second-order valence-electron chi connectivity index (χ2n) is 7.91. The lowest BCUT2D eigenvalue weighted by Gasteiger charge is -2.21. The van der Waals surface area contributed by atoms with Gasteiger partial charge < -0.3 is 20.9 Å². The average molecular weight is 537 g/mol. The third-order valence-corrected chi connectivity index (χ3v) is 6.18. The largest absolute Gasteiger partial charge is 0.357 e. The summed E-state index contributed by atoms with van der Waals surface area (Å²) in [5, 5.41) is 17.8. The van der Waals surface area contributed by atoms with Crippen LogP contribution in [0.15, 0.2) is 77.4 Å². The van der Waals surface area contributed by atoms with E-state index in [0.717, 1.165) is 41.5 Å². The Kier molecular flexibility index (Phi) is 7.87. The molecule has 34 heavy (non-hydrogen) atoms. The van der Waals surface area contributed by atoms with Crippen molar-refractivity contribution >= 4 is 56.5 Å². The van der Waals surface area contributed by atoms with Crippen LogP contribution in [0.4, 0.5) is 11.5 Å². The first-order chi connectivity index (χ1) is 16.5. The Morgan fingerprint density at radius 3 is 2.35 bits per heavy atom. The highest BCUT2D eigenvalue weighted by Gasteiger charge is 2.22. The van der Waals surface area contributed by atoms with E-state index in [9.17, 15) is 4.79 Å². The van der Waals surface area contributed by atoms with Crippen LogP contribution < -0.4 is 16.0 Å². The van der Waals surface area contributed by atoms with Gasteiger partial charge in [-0.25, -0.2) is 4.98 Å². The number of thiocarbonyl (C=S) groups is 1. The summed E-state index contributed by atoms with van der Waals surface area (Å²) < 4.78 is 0.861. The van der Waals surface area contributed by atoms with Gasteiger partial charge in [0.15, 0.2) is 5.11 Å². The van der Waals surface area contributed by atoms with Gasteiger partial charge in [0.05, 0.1) is 0 Å². The van der Waals surface area contributed by atoms with Crippen molar-refractivity contribution in [2.45, 2.75) is 18.9 Å². The number of nitrogens with zero attached hydrogens (tertiary/aromatic N) is 2. The van der Waals surface area contributed by atoms with Crippen LogP contribution in [0.25, 0.3) is 0 Å². The Morgan fingerprint density at radius 1 is 1.00 bits per heavy atom. The number of carbonyl (C=O) groups excluding carboxylic acids is 1. The summed E-state index contributed by atoms with van der Waals surface area (Å²) in [6, 6.07) is 19.7. The van der Waals surface area contributed by atoms with E-state index in [1.54, 1.807) is 12.3 Å². The van der Waals surface area contributed by atoms with Gasteiger partial charge in [-0.15, -0.1) is 0 Å². The quantitative estimate of drug-likeness (QED) is 0.203. The summed E-state index contributed by atoms with van der Waals surface area (Å²) in [5.41, 5.74) is 2.27. The van der Waals surface area contributed by atoms with Gasteiger partial charge in [-0.3, -0.25) is 10.2 Å². The Morgan fingerprint density at radius 2 is 1.71 bits per heavy atom. The first kappa shape index (κ1) is 23.8. The third-order valence-electron chi connectivity index (χ3n) is 5.49. The molecule has 1 fully saturated rings. The van der Waals surface area contributed by atoms with Crippen molar-refractivity contribution in [1.82, 2.24) is 15.2 Å². The zero-order chi connectivity index (χ0) is 23.9. The minimum absolute atomic E-state index is 0.249. The van der Waals surface area contributed by atoms with Crippen molar-refractivity contribution in [3.05, 3.63) is 88.5 Å². The minimum atomic E-state index is -0.709. The molecule has 2 heterocycles. The summed E-state index contributed by atoms with van der Waals surface area (Å²) in [5.74, 6) is 0.850. The molecule has 2 aromatic carbocycles. The fraction of sp³-hybridized carbons (Fsp3) is 0.200. The van der Waals surface area contributed by atoms with Crippen LogP contribution in [-0.4, -0.2) is 39.8 Å². The van der Waals surface area contributed by atoms with Crippen molar-refractivity contribution in [2.75, 3.05) is 23.7 Å². The fourth-order valence-corrected chi connectivity index (χ4v) is 4.19. The topological polar surface area (TPSA) is 93.1 Å². The van der Waals surface area contributed by atoms with Crippen molar-refractivity contribution in [1.29, 1.82) is 5.41 Å². The summed E-state index contributed by atoms with van der Waals surface area (Å²) in [4.78, 5) is 19.6. The molecule has 1 atom stereocenters. The number of nitrogens with one attached hydrogen (secondary N) is 4. The predicted octanol–water partition coefficient (Wildman–Crippen LogP) is 4.93. The smallest absolute Gasteiger partial charge is 0.251 e. The number of halogens is 1. The summed E-state index contributed by atoms with van der Waals surface area (Å²) in [6.07, 6.45) is 3.91. The van der Waals surface area contributed by atoms with Gasteiger partial charge >= 0.3 is 0 Å². The number of rotatable bonds is 6. The van der Waals surface area contributed by atoms with Gasteiger partial charge in [-0.1, -0.05) is 30.3 Å². The molecular weight excluding hydrogens is 512 g/mol. The number of likely N-dealkylation sites (tertiary alicyclic amines) is 1. The number of aromatic nitrogens is 1. The number of anilines is 2. The maximum atomic E-state index is 13.2. The highest BCUT2D eigenvalue weighted by Crippen LogP contribution is 2.19. The second kappa shape index (κ2) is 11.2. The molecule has 7 nitrogen and oxygen atoms in total. The lowest BCUT2D eigenvalue weighted by Crippen LogP contribution is -2.39. The molecule has 0 aliphatic carbocycles. The molecule has 0 bridgehead atoms. The van der Waals surface area contributed by atoms with E-state index >= 15 is 0 Å². The van der Waals surface area contributed by atoms with Crippen molar-refractivity contribution < 1.29 is 4.79 Å². The first-order valence-corrected chi connectivity index (χ1v) is 12.2. The van der Waals surface area contributed by atoms with Gasteiger partial charge in [0.25, 0.3) is 5.91 Å². The van der Waals surface area contributed by atoms with Gasteiger partial charge in [-0.2, -0.15) is 0 Å². The Bertz CT molecular complexity index is 1150. The van der Waals surface area contributed by atoms with Crippen LogP contribution in [0.2, 0.25) is 0 Å². The third kappa shape index (κ3) is 6.18. The van der Waals surface area contributed by atoms with E-state index in [0.29, 0.717) is 17.3 Å². The molecule has 1 aliphatic rings. The normalized spacial score (nSPS) is 13.7. The zero-order valence-corrected chi connectivity index (χ0v) is 20.8. The van der Waals surface area contributed by atoms with E-state index < -0.39 is 6.04 Å². The number of amidine groups is 1. The number of pyridine rings is 1. The van der Waals surface area contributed by atoms with Crippen LogP contribution in [0.1, 0.15) is 30.0 Å². The Balaban J connectivity index is 1.44. The van der Waals surface area contributed by atoms with E-state index in [1.807, 2.05) is 60.7 Å². The van der Waals surface area contributed by atoms with Gasteiger partial charge in [-0.05, 0) is 83.0 Å². The lowest BCUT2D eigenvalue weighted by atomic mass is 10.1. The molecule has 4 rings (SSSR count). The van der Waals surface area contributed by atoms with Gasteiger partial charge in [0, 0.05) is 35.0 Å². The van der Waals surface area contributed by atoms with Gasteiger partial charge in [0.1, 0.15) is 17.7 Å². The summed E-state index contributed by atoms with van der Waals surface area (Å²) >= 11 is 8.80. The molecule has 3 aromatic rings. The monoisotopic (exact) mass is 536 g/mol. The Labute approximate surface area is 212 Å². The molecule has 1 aromatic heterocycles. The Hall–Kier alpha value is -3.30. The SMILES string of the molecule is N=C(c1ccc(NC(=O)C(NC(=S)Nc2ccc(Br)cn2)c2ccccc2)cc1)N1CCCC1. The first-order valence-electron chi connectivity index (χ1n) is 11.0. The van der Waals surface area contributed by atoms with Crippen LogP contribution in [-0.2, 0) is 4.79 Å². The molecule has 0 saturated carbocycles. The molecule has 1 unspecified atom stereocenters. The van der Waals surface area contributed by atoms with E-state index in [4.69, 9.17) is 17.6 Å². The van der Waals surface area contributed by atoms with E-state index in [-0.39, 0.29) is 11.0 Å². The van der Waals surface area contributed by atoms with Crippen molar-refractivity contribution in [3.63, 3.8) is 0 Å². The molecular formula is C25H25BrN6OS. The highest BCUT2D eigenvalue weighted by atomic mass is 79.9. The minimum Gasteiger partial charge on any atom is -0.357 e. The summed E-state index contributed by atoms with van der Waals surface area (Å²) in [6.45, 7) is 1.84. The zero-order valence-electron chi connectivity index (χ0n) is 18.4. The van der Waals surface area contributed by atoms with Crippen molar-refractivity contribution in [3.8, 4) is 0 Å². The molecule has 4 N–H and O–H groups in total. The number of hydrogen-bond donors (Lipinski definition) is 4. The number of hydrogen-bond acceptors (Lipinski definition) is 4.